The highest BCUT2D eigenvalue weighted by molar-refractivity contribution is 9.10. The Morgan fingerprint density at radius 3 is 2.31 bits per heavy atom. The van der Waals surface area contributed by atoms with E-state index in [2.05, 4.69) is 22.5 Å². The van der Waals surface area contributed by atoms with Crippen LogP contribution in [0.25, 0.3) is 0 Å². The first kappa shape index (κ1) is 13.0. The molecule has 1 rings (SSSR count). The van der Waals surface area contributed by atoms with E-state index in [1.807, 2.05) is 6.92 Å². The van der Waals surface area contributed by atoms with E-state index in [-0.39, 0.29) is 10.9 Å². The third-order valence-electron chi connectivity index (χ3n) is 2.20. The van der Waals surface area contributed by atoms with Gasteiger partial charge in [0, 0.05) is 10.9 Å². The van der Waals surface area contributed by atoms with Gasteiger partial charge in [-0.25, -0.2) is 8.78 Å². The van der Waals surface area contributed by atoms with Crippen LogP contribution in [-0.4, -0.2) is 5.78 Å². The number of allylic oxidation sites excluding steroid dienone is 1. The standard InChI is InChI=1S/C12H11BrF2O/c1-3-7(2)4-11(16)12-9(14)5-8(13)6-10(12)15/h5-6H,2-4H2,1H3. The van der Waals surface area contributed by atoms with E-state index in [9.17, 15) is 13.6 Å². The van der Waals surface area contributed by atoms with Crippen LogP contribution in [0.1, 0.15) is 30.1 Å². The summed E-state index contributed by atoms with van der Waals surface area (Å²) in [4.78, 5) is 11.6. The molecule has 0 aromatic heterocycles. The number of carbonyl (C=O) groups excluding carboxylic acids is 1. The third-order valence-corrected chi connectivity index (χ3v) is 2.65. The summed E-state index contributed by atoms with van der Waals surface area (Å²) in [6, 6.07) is 2.15. The number of hydrogen-bond donors (Lipinski definition) is 0. The molecule has 0 aliphatic heterocycles. The lowest BCUT2D eigenvalue weighted by Crippen LogP contribution is -2.06. The average molecular weight is 289 g/mol. The van der Waals surface area contributed by atoms with E-state index >= 15 is 0 Å². The van der Waals surface area contributed by atoms with E-state index in [0.717, 1.165) is 12.1 Å². The van der Waals surface area contributed by atoms with Gasteiger partial charge in [-0.15, -0.1) is 0 Å². The summed E-state index contributed by atoms with van der Waals surface area (Å²) in [5, 5.41) is 0. The molecule has 0 radical (unpaired) electrons. The number of hydrogen-bond acceptors (Lipinski definition) is 1. The van der Waals surface area contributed by atoms with Gasteiger partial charge in [0.05, 0.1) is 5.56 Å². The van der Waals surface area contributed by atoms with Crippen molar-refractivity contribution >= 4 is 21.7 Å². The first-order valence-electron chi connectivity index (χ1n) is 4.80. The molecule has 0 saturated heterocycles. The van der Waals surface area contributed by atoms with Crippen molar-refractivity contribution in [2.75, 3.05) is 0 Å². The fourth-order valence-electron chi connectivity index (χ4n) is 1.25. The molecule has 4 heteroatoms. The van der Waals surface area contributed by atoms with Gasteiger partial charge in [0.1, 0.15) is 11.6 Å². The molecule has 0 aliphatic rings. The van der Waals surface area contributed by atoms with Crippen molar-refractivity contribution in [2.24, 2.45) is 0 Å². The molecule has 1 aromatic carbocycles. The number of Topliss-reactive ketones (excluding diaryl/α,β-unsaturated/α-hetero) is 1. The van der Waals surface area contributed by atoms with Crippen LogP contribution in [0.2, 0.25) is 0 Å². The second kappa shape index (κ2) is 5.34. The van der Waals surface area contributed by atoms with Crippen LogP contribution in [0.3, 0.4) is 0 Å². The summed E-state index contributed by atoms with van der Waals surface area (Å²) in [7, 11) is 0. The molecule has 0 fully saturated rings. The minimum Gasteiger partial charge on any atom is -0.294 e. The first-order chi connectivity index (χ1) is 7.45. The van der Waals surface area contributed by atoms with E-state index < -0.39 is 23.0 Å². The molecule has 0 aliphatic carbocycles. The first-order valence-corrected chi connectivity index (χ1v) is 5.59. The van der Waals surface area contributed by atoms with Crippen molar-refractivity contribution in [3.8, 4) is 0 Å². The van der Waals surface area contributed by atoms with Crippen molar-refractivity contribution in [2.45, 2.75) is 19.8 Å². The molecule has 0 saturated carbocycles. The van der Waals surface area contributed by atoms with Gasteiger partial charge in [0.25, 0.3) is 0 Å². The zero-order valence-corrected chi connectivity index (χ0v) is 10.4. The van der Waals surface area contributed by atoms with Crippen molar-refractivity contribution in [3.05, 3.63) is 46.0 Å². The molecule has 0 N–H and O–H groups in total. The predicted molar refractivity (Wildman–Crippen MR) is 62.4 cm³/mol. The van der Waals surface area contributed by atoms with Crippen molar-refractivity contribution in [1.29, 1.82) is 0 Å². The van der Waals surface area contributed by atoms with E-state index in [4.69, 9.17) is 0 Å². The van der Waals surface area contributed by atoms with Crippen LogP contribution in [-0.2, 0) is 0 Å². The van der Waals surface area contributed by atoms with Gasteiger partial charge in [0.2, 0.25) is 0 Å². The summed E-state index contributed by atoms with van der Waals surface area (Å²) in [5.74, 6) is -2.27. The number of halogens is 3. The van der Waals surface area contributed by atoms with Crippen LogP contribution in [0, 0.1) is 11.6 Å². The Morgan fingerprint density at radius 2 is 1.88 bits per heavy atom. The van der Waals surface area contributed by atoms with Crippen molar-refractivity contribution in [3.63, 3.8) is 0 Å². The highest BCUT2D eigenvalue weighted by Crippen LogP contribution is 2.22. The second-order valence-corrected chi connectivity index (χ2v) is 4.36. The lowest BCUT2D eigenvalue weighted by Gasteiger charge is -2.05. The topological polar surface area (TPSA) is 17.1 Å². The summed E-state index contributed by atoms with van der Waals surface area (Å²) in [5.41, 5.74) is 0.171. The zero-order chi connectivity index (χ0) is 12.3. The number of carbonyl (C=O) groups is 1. The molecule has 0 atom stereocenters. The predicted octanol–water partition coefficient (Wildman–Crippen LogP) is 4.27. The monoisotopic (exact) mass is 288 g/mol. The summed E-state index contributed by atoms with van der Waals surface area (Å²) in [6.45, 7) is 5.48. The van der Waals surface area contributed by atoms with Crippen molar-refractivity contribution < 1.29 is 13.6 Å². The largest absolute Gasteiger partial charge is 0.294 e. The minimum atomic E-state index is -0.847. The quantitative estimate of drug-likeness (QED) is 0.597. The summed E-state index contributed by atoms with van der Waals surface area (Å²) in [6.07, 6.45) is 0.595. The smallest absolute Gasteiger partial charge is 0.172 e. The molecule has 16 heavy (non-hydrogen) atoms. The maximum Gasteiger partial charge on any atom is 0.172 e. The lowest BCUT2D eigenvalue weighted by atomic mass is 10.0. The molecule has 86 valence electrons. The van der Waals surface area contributed by atoms with Crippen molar-refractivity contribution in [1.82, 2.24) is 0 Å². The molecule has 1 aromatic rings. The molecular weight excluding hydrogens is 278 g/mol. The number of ketones is 1. The Hall–Kier alpha value is -1.03. The van der Waals surface area contributed by atoms with Gasteiger partial charge in [-0.3, -0.25) is 4.79 Å². The second-order valence-electron chi connectivity index (χ2n) is 3.45. The Kier molecular flexibility index (Phi) is 4.35. The molecule has 0 heterocycles. The Labute approximate surface area is 101 Å². The molecule has 1 nitrogen and oxygen atoms in total. The summed E-state index contributed by atoms with van der Waals surface area (Å²) >= 11 is 2.95. The Morgan fingerprint density at radius 1 is 1.38 bits per heavy atom. The molecule has 0 spiro atoms. The zero-order valence-electron chi connectivity index (χ0n) is 8.82. The fourth-order valence-corrected chi connectivity index (χ4v) is 1.65. The van der Waals surface area contributed by atoms with Crippen LogP contribution in [0.4, 0.5) is 8.78 Å². The van der Waals surface area contributed by atoms with E-state index in [0.29, 0.717) is 12.0 Å². The van der Waals surface area contributed by atoms with E-state index in [1.54, 1.807) is 0 Å². The van der Waals surface area contributed by atoms with Crippen LogP contribution in [0.5, 0.6) is 0 Å². The van der Waals surface area contributed by atoms with Gasteiger partial charge in [0.15, 0.2) is 5.78 Å². The summed E-state index contributed by atoms with van der Waals surface area (Å²) < 4.78 is 27.1. The Balaban J connectivity index is 3.04. The number of benzene rings is 1. The minimum absolute atomic E-state index is 0.0219. The van der Waals surface area contributed by atoms with Gasteiger partial charge >= 0.3 is 0 Å². The van der Waals surface area contributed by atoms with Gasteiger partial charge in [-0.1, -0.05) is 35.0 Å². The van der Waals surface area contributed by atoms with Crippen LogP contribution >= 0.6 is 15.9 Å². The third kappa shape index (κ3) is 2.98. The maximum absolute atomic E-state index is 13.4. The highest BCUT2D eigenvalue weighted by Gasteiger charge is 2.18. The molecule has 0 unspecified atom stereocenters. The van der Waals surface area contributed by atoms with Gasteiger partial charge in [-0.05, 0) is 18.6 Å². The van der Waals surface area contributed by atoms with Gasteiger partial charge in [-0.2, -0.15) is 0 Å². The van der Waals surface area contributed by atoms with Gasteiger partial charge < -0.3 is 0 Å². The SMILES string of the molecule is C=C(CC)CC(=O)c1c(F)cc(Br)cc1F. The fraction of sp³-hybridized carbons (Fsp3) is 0.250. The molecular formula is C12H11BrF2O. The Bertz CT molecular complexity index is 418. The highest BCUT2D eigenvalue weighted by atomic mass is 79.9. The van der Waals surface area contributed by atoms with Crippen LogP contribution < -0.4 is 0 Å². The number of rotatable bonds is 4. The molecule has 0 bridgehead atoms. The van der Waals surface area contributed by atoms with E-state index in [1.165, 1.54) is 0 Å². The lowest BCUT2D eigenvalue weighted by molar-refractivity contribution is 0.0984. The normalized spacial score (nSPS) is 10.2. The van der Waals surface area contributed by atoms with Crippen LogP contribution in [0.15, 0.2) is 28.8 Å². The maximum atomic E-state index is 13.4. The average Bonchev–Trinajstić information content (AvgIpc) is 2.15. The molecule has 0 amide bonds.